The van der Waals surface area contributed by atoms with E-state index in [1.165, 1.54) is 5.56 Å². The zero-order valence-electron chi connectivity index (χ0n) is 10.3. The summed E-state index contributed by atoms with van der Waals surface area (Å²) in [7, 11) is 0. The van der Waals surface area contributed by atoms with E-state index in [1.807, 2.05) is 31.3 Å². The Hall–Kier alpha value is -1.77. The van der Waals surface area contributed by atoms with Gasteiger partial charge < -0.3 is 9.73 Å². The number of furan rings is 1. The third kappa shape index (κ3) is 3.63. The smallest absolute Gasteiger partial charge is 0.126 e. The average molecular weight is 230 g/mol. The van der Waals surface area contributed by atoms with Crippen LogP contribution in [0.5, 0.6) is 0 Å². The van der Waals surface area contributed by atoms with Gasteiger partial charge in [-0.3, -0.25) is 0 Å². The molecule has 17 heavy (non-hydrogen) atoms. The second-order valence-corrected chi connectivity index (χ2v) is 4.38. The minimum absolute atomic E-state index is 0.385. The lowest BCUT2D eigenvalue weighted by Gasteiger charge is -2.13. The highest BCUT2D eigenvalue weighted by Crippen LogP contribution is 2.10. The number of nitrogens with one attached hydrogen (secondary N) is 1. The SMILES string of the molecule is Cc1ccc(NC(C)CCc2ccco2)nc1. The maximum absolute atomic E-state index is 5.31. The van der Waals surface area contributed by atoms with Crippen LogP contribution in [0.25, 0.3) is 0 Å². The summed E-state index contributed by atoms with van der Waals surface area (Å²) in [5.41, 5.74) is 1.18. The van der Waals surface area contributed by atoms with Crippen LogP contribution >= 0.6 is 0 Å². The molecule has 1 unspecified atom stereocenters. The van der Waals surface area contributed by atoms with Crippen LogP contribution in [0.1, 0.15) is 24.7 Å². The van der Waals surface area contributed by atoms with Crippen LogP contribution in [0.3, 0.4) is 0 Å². The molecule has 0 aromatic carbocycles. The zero-order valence-corrected chi connectivity index (χ0v) is 10.3. The molecule has 0 amide bonds. The van der Waals surface area contributed by atoms with Crippen LogP contribution in [0.2, 0.25) is 0 Å². The Labute approximate surface area is 102 Å². The van der Waals surface area contributed by atoms with Gasteiger partial charge in [0.15, 0.2) is 0 Å². The Morgan fingerprint density at radius 2 is 2.24 bits per heavy atom. The predicted molar refractivity (Wildman–Crippen MR) is 69.1 cm³/mol. The zero-order chi connectivity index (χ0) is 12.1. The fourth-order valence-electron chi connectivity index (χ4n) is 1.69. The first-order chi connectivity index (χ1) is 8.24. The van der Waals surface area contributed by atoms with Crippen molar-refractivity contribution in [2.75, 3.05) is 5.32 Å². The molecule has 2 aromatic rings. The molecule has 0 aliphatic carbocycles. The van der Waals surface area contributed by atoms with E-state index in [-0.39, 0.29) is 0 Å². The molecule has 0 bridgehead atoms. The molecule has 0 saturated carbocycles. The first-order valence-corrected chi connectivity index (χ1v) is 5.95. The summed E-state index contributed by atoms with van der Waals surface area (Å²) in [6.45, 7) is 4.20. The van der Waals surface area contributed by atoms with Crippen LogP contribution in [0.4, 0.5) is 5.82 Å². The largest absolute Gasteiger partial charge is 0.469 e. The second kappa shape index (κ2) is 5.53. The Morgan fingerprint density at radius 3 is 2.88 bits per heavy atom. The molecule has 2 aromatic heterocycles. The number of anilines is 1. The number of pyridine rings is 1. The van der Waals surface area contributed by atoms with Crippen molar-refractivity contribution in [1.82, 2.24) is 4.98 Å². The highest BCUT2D eigenvalue weighted by Gasteiger charge is 2.04. The van der Waals surface area contributed by atoms with Crippen molar-refractivity contribution in [3.63, 3.8) is 0 Å². The quantitative estimate of drug-likeness (QED) is 0.855. The summed E-state index contributed by atoms with van der Waals surface area (Å²) in [6.07, 6.45) is 5.58. The molecule has 1 atom stereocenters. The number of hydrogen-bond acceptors (Lipinski definition) is 3. The minimum atomic E-state index is 0.385. The van der Waals surface area contributed by atoms with Crippen molar-refractivity contribution in [2.45, 2.75) is 32.7 Å². The summed E-state index contributed by atoms with van der Waals surface area (Å²) in [6, 6.07) is 8.40. The lowest BCUT2D eigenvalue weighted by atomic mass is 10.1. The molecule has 2 heterocycles. The van der Waals surface area contributed by atoms with Gasteiger partial charge in [-0.15, -0.1) is 0 Å². The molecule has 1 N–H and O–H groups in total. The summed E-state index contributed by atoms with van der Waals surface area (Å²) < 4.78 is 5.31. The van der Waals surface area contributed by atoms with Crippen molar-refractivity contribution < 1.29 is 4.42 Å². The van der Waals surface area contributed by atoms with Gasteiger partial charge in [0, 0.05) is 18.7 Å². The molecule has 3 heteroatoms. The van der Waals surface area contributed by atoms with Gasteiger partial charge >= 0.3 is 0 Å². The Morgan fingerprint density at radius 1 is 1.35 bits per heavy atom. The lowest BCUT2D eigenvalue weighted by Crippen LogP contribution is -2.16. The van der Waals surface area contributed by atoms with E-state index in [0.29, 0.717) is 6.04 Å². The molecule has 0 radical (unpaired) electrons. The lowest BCUT2D eigenvalue weighted by molar-refractivity contribution is 0.495. The maximum Gasteiger partial charge on any atom is 0.126 e. The van der Waals surface area contributed by atoms with Gasteiger partial charge in [-0.05, 0) is 44.0 Å². The molecule has 2 rings (SSSR count). The summed E-state index contributed by atoms with van der Waals surface area (Å²) >= 11 is 0. The number of aryl methyl sites for hydroxylation is 2. The van der Waals surface area contributed by atoms with Crippen molar-refractivity contribution in [3.05, 3.63) is 48.0 Å². The third-order valence-corrected chi connectivity index (χ3v) is 2.71. The van der Waals surface area contributed by atoms with Gasteiger partial charge in [-0.25, -0.2) is 4.98 Å². The Bertz CT molecular complexity index is 434. The topological polar surface area (TPSA) is 38.1 Å². The van der Waals surface area contributed by atoms with Crippen molar-refractivity contribution in [1.29, 1.82) is 0 Å². The van der Waals surface area contributed by atoms with Crippen molar-refractivity contribution in [3.8, 4) is 0 Å². The van der Waals surface area contributed by atoms with Gasteiger partial charge in [0.1, 0.15) is 11.6 Å². The van der Waals surface area contributed by atoms with Crippen LogP contribution in [0, 0.1) is 6.92 Å². The van der Waals surface area contributed by atoms with E-state index in [2.05, 4.69) is 23.3 Å². The average Bonchev–Trinajstić information content (AvgIpc) is 2.83. The minimum Gasteiger partial charge on any atom is -0.469 e. The van der Waals surface area contributed by atoms with Gasteiger partial charge in [-0.2, -0.15) is 0 Å². The van der Waals surface area contributed by atoms with Crippen molar-refractivity contribution >= 4 is 5.82 Å². The predicted octanol–water partition coefficient (Wildman–Crippen LogP) is 3.42. The number of nitrogens with zero attached hydrogens (tertiary/aromatic N) is 1. The molecule has 0 aliphatic heterocycles. The normalized spacial score (nSPS) is 12.4. The van der Waals surface area contributed by atoms with Gasteiger partial charge in [0.05, 0.1) is 6.26 Å². The van der Waals surface area contributed by atoms with Crippen molar-refractivity contribution in [2.24, 2.45) is 0 Å². The van der Waals surface area contributed by atoms with E-state index in [1.54, 1.807) is 6.26 Å². The second-order valence-electron chi connectivity index (χ2n) is 4.38. The molecular formula is C14H18N2O. The molecule has 90 valence electrons. The molecule has 0 saturated heterocycles. The van der Waals surface area contributed by atoms with Crippen LogP contribution in [-0.2, 0) is 6.42 Å². The highest BCUT2D eigenvalue weighted by atomic mass is 16.3. The van der Waals surface area contributed by atoms with Gasteiger partial charge in [0.2, 0.25) is 0 Å². The summed E-state index contributed by atoms with van der Waals surface area (Å²) in [5, 5.41) is 3.38. The fourth-order valence-corrected chi connectivity index (χ4v) is 1.69. The van der Waals surface area contributed by atoms with Crippen LogP contribution in [-0.4, -0.2) is 11.0 Å². The van der Waals surface area contributed by atoms with Crippen LogP contribution < -0.4 is 5.32 Å². The molecule has 0 spiro atoms. The summed E-state index contributed by atoms with van der Waals surface area (Å²) in [5.74, 6) is 1.97. The molecular weight excluding hydrogens is 212 g/mol. The first kappa shape index (κ1) is 11.7. The third-order valence-electron chi connectivity index (χ3n) is 2.71. The summed E-state index contributed by atoms with van der Waals surface area (Å²) in [4.78, 5) is 4.33. The van der Waals surface area contributed by atoms with Gasteiger partial charge in [-0.1, -0.05) is 6.07 Å². The van der Waals surface area contributed by atoms with Crippen LogP contribution in [0.15, 0.2) is 41.1 Å². The monoisotopic (exact) mass is 230 g/mol. The highest BCUT2D eigenvalue weighted by molar-refractivity contribution is 5.36. The standard InChI is InChI=1S/C14H18N2O/c1-11-5-8-14(15-10-11)16-12(2)6-7-13-4-3-9-17-13/h3-5,8-10,12H,6-7H2,1-2H3,(H,15,16). The fraction of sp³-hybridized carbons (Fsp3) is 0.357. The Balaban J connectivity index is 1.80. The van der Waals surface area contributed by atoms with E-state index in [9.17, 15) is 0 Å². The first-order valence-electron chi connectivity index (χ1n) is 5.95. The number of hydrogen-bond donors (Lipinski definition) is 1. The Kier molecular flexibility index (Phi) is 3.81. The van der Waals surface area contributed by atoms with E-state index >= 15 is 0 Å². The van der Waals surface area contributed by atoms with E-state index < -0.39 is 0 Å². The maximum atomic E-state index is 5.31. The molecule has 3 nitrogen and oxygen atoms in total. The molecule has 0 fully saturated rings. The molecule has 0 aliphatic rings. The van der Waals surface area contributed by atoms with Gasteiger partial charge in [0.25, 0.3) is 0 Å². The van der Waals surface area contributed by atoms with E-state index in [4.69, 9.17) is 4.42 Å². The number of aromatic nitrogens is 1. The number of rotatable bonds is 5. The van der Waals surface area contributed by atoms with E-state index in [0.717, 1.165) is 24.4 Å².